The van der Waals surface area contributed by atoms with Crippen molar-refractivity contribution in [2.75, 3.05) is 0 Å². The van der Waals surface area contributed by atoms with Crippen molar-refractivity contribution in [3.8, 4) is 0 Å². The van der Waals surface area contributed by atoms with Gasteiger partial charge in [-0.25, -0.2) is 0 Å². The molecule has 0 N–H and O–H groups in total. The molecule has 0 spiro atoms. The van der Waals surface area contributed by atoms with Gasteiger partial charge in [0.25, 0.3) is 0 Å². The molecule has 2 aromatic rings. The molecule has 0 saturated heterocycles. The molecule has 90 valence electrons. The SMILES string of the molecule is Cc1ccc(C(C=O)=CCc2ccccc2)cc1. The normalized spacial score (nSPS) is 11.3. The third-order valence-corrected chi connectivity index (χ3v) is 2.91. The van der Waals surface area contributed by atoms with Crippen molar-refractivity contribution in [1.82, 2.24) is 0 Å². The van der Waals surface area contributed by atoms with Crippen molar-refractivity contribution in [1.29, 1.82) is 0 Å². The molecule has 1 heteroatoms. The number of hydrogen-bond donors (Lipinski definition) is 0. The van der Waals surface area contributed by atoms with Crippen LogP contribution in [0.1, 0.15) is 16.7 Å². The average molecular weight is 236 g/mol. The number of aldehydes is 1. The Hall–Kier alpha value is -2.15. The van der Waals surface area contributed by atoms with Crippen LogP contribution in [0.2, 0.25) is 0 Å². The first-order valence-corrected chi connectivity index (χ1v) is 6.06. The van der Waals surface area contributed by atoms with E-state index in [1.807, 2.05) is 55.5 Å². The number of hydrogen-bond acceptors (Lipinski definition) is 1. The first-order valence-electron chi connectivity index (χ1n) is 6.06. The summed E-state index contributed by atoms with van der Waals surface area (Å²) in [6.45, 7) is 2.04. The lowest BCUT2D eigenvalue weighted by molar-refractivity contribution is -0.103. The van der Waals surface area contributed by atoms with Crippen LogP contribution in [0.3, 0.4) is 0 Å². The standard InChI is InChI=1S/C17H16O/c1-14-7-10-16(11-8-14)17(13-18)12-9-15-5-3-2-4-6-15/h2-8,10-13H,9H2,1H3. The summed E-state index contributed by atoms with van der Waals surface area (Å²) in [5.41, 5.74) is 4.14. The molecular formula is C17H16O. The molecule has 0 amide bonds. The van der Waals surface area contributed by atoms with Crippen LogP contribution in [0.25, 0.3) is 5.57 Å². The molecule has 1 nitrogen and oxygen atoms in total. The second-order valence-corrected chi connectivity index (χ2v) is 4.33. The highest BCUT2D eigenvalue weighted by atomic mass is 16.1. The van der Waals surface area contributed by atoms with E-state index in [1.165, 1.54) is 11.1 Å². The molecule has 0 heterocycles. The van der Waals surface area contributed by atoms with E-state index in [-0.39, 0.29) is 0 Å². The summed E-state index contributed by atoms with van der Waals surface area (Å²) in [5, 5.41) is 0. The summed E-state index contributed by atoms with van der Waals surface area (Å²) >= 11 is 0. The number of benzene rings is 2. The molecule has 0 atom stereocenters. The van der Waals surface area contributed by atoms with E-state index in [1.54, 1.807) is 0 Å². The maximum Gasteiger partial charge on any atom is 0.150 e. The summed E-state index contributed by atoms with van der Waals surface area (Å²) < 4.78 is 0. The Labute approximate surface area is 108 Å². The summed E-state index contributed by atoms with van der Waals surface area (Å²) in [6, 6.07) is 18.2. The Morgan fingerprint density at radius 2 is 1.67 bits per heavy atom. The van der Waals surface area contributed by atoms with Crippen LogP contribution in [-0.2, 0) is 11.2 Å². The Bertz CT molecular complexity index is 536. The van der Waals surface area contributed by atoms with Crippen molar-refractivity contribution in [3.63, 3.8) is 0 Å². The van der Waals surface area contributed by atoms with E-state index in [4.69, 9.17) is 0 Å². The molecule has 0 fully saturated rings. The lowest BCUT2D eigenvalue weighted by Gasteiger charge is -2.02. The molecule has 0 aliphatic carbocycles. The van der Waals surface area contributed by atoms with Gasteiger partial charge in [-0.2, -0.15) is 0 Å². The van der Waals surface area contributed by atoms with E-state index in [9.17, 15) is 4.79 Å². The van der Waals surface area contributed by atoms with E-state index < -0.39 is 0 Å². The summed E-state index contributed by atoms with van der Waals surface area (Å²) in [7, 11) is 0. The van der Waals surface area contributed by atoms with Gasteiger partial charge in [-0.05, 0) is 24.5 Å². The van der Waals surface area contributed by atoms with Crippen LogP contribution in [0.5, 0.6) is 0 Å². The topological polar surface area (TPSA) is 17.1 Å². The predicted octanol–water partition coefficient (Wildman–Crippen LogP) is 3.82. The number of rotatable bonds is 4. The molecule has 0 aliphatic heterocycles. The van der Waals surface area contributed by atoms with E-state index in [2.05, 4.69) is 12.1 Å². The van der Waals surface area contributed by atoms with Crippen LogP contribution < -0.4 is 0 Å². The van der Waals surface area contributed by atoms with Crippen LogP contribution in [0.4, 0.5) is 0 Å². The largest absolute Gasteiger partial charge is 0.298 e. The molecule has 18 heavy (non-hydrogen) atoms. The van der Waals surface area contributed by atoms with E-state index in [0.717, 1.165) is 23.8 Å². The minimum absolute atomic E-state index is 0.749. The fraction of sp³-hybridized carbons (Fsp3) is 0.118. The van der Waals surface area contributed by atoms with Gasteiger partial charge >= 0.3 is 0 Å². The van der Waals surface area contributed by atoms with E-state index >= 15 is 0 Å². The van der Waals surface area contributed by atoms with Crippen LogP contribution in [-0.4, -0.2) is 6.29 Å². The lowest BCUT2D eigenvalue weighted by atomic mass is 10.0. The number of carbonyl (C=O) groups is 1. The number of allylic oxidation sites excluding steroid dienone is 2. The number of aryl methyl sites for hydroxylation is 1. The lowest BCUT2D eigenvalue weighted by Crippen LogP contribution is -1.88. The summed E-state index contributed by atoms with van der Waals surface area (Å²) in [4.78, 5) is 11.1. The first kappa shape index (κ1) is 12.3. The molecule has 0 bridgehead atoms. The van der Waals surface area contributed by atoms with Crippen molar-refractivity contribution in [3.05, 3.63) is 77.4 Å². The number of carbonyl (C=O) groups excluding carboxylic acids is 1. The van der Waals surface area contributed by atoms with Crippen molar-refractivity contribution >= 4 is 11.9 Å². The monoisotopic (exact) mass is 236 g/mol. The Morgan fingerprint density at radius 1 is 1.00 bits per heavy atom. The molecule has 2 aromatic carbocycles. The van der Waals surface area contributed by atoms with Gasteiger partial charge in [0.05, 0.1) is 0 Å². The predicted molar refractivity (Wildman–Crippen MR) is 75.4 cm³/mol. The zero-order valence-corrected chi connectivity index (χ0v) is 10.5. The maximum absolute atomic E-state index is 11.1. The minimum Gasteiger partial charge on any atom is -0.298 e. The second kappa shape index (κ2) is 5.97. The maximum atomic E-state index is 11.1. The van der Waals surface area contributed by atoms with Gasteiger partial charge in [-0.3, -0.25) is 4.79 Å². The molecule has 0 radical (unpaired) electrons. The third kappa shape index (κ3) is 3.17. The average Bonchev–Trinajstić information content (AvgIpc) is 2.42. The van der Waals surface area contributed by atoms with Gasteiger partial charge in [-0.15, -0.1) is 0 Å². The molecule has 0 unspecified atom stereocenters. The highest BCUT2D eigenvalue weighted by Crippen LogP contribution is 2.14. The second-order valence-electron chi connectivity index (χ2n) is 4.33. The first-order chi connectivity index (χ1) is 8.79. The van der Waals surface area contributed by atoms with Gasteiger partial charge in [0, 0.05) is 5.57 Å². The Kier molecular flexibility index (Phi) is 4.08. The fourth-order valence-corrected chi connectivity index (χ4v) is 1.82. The van der Waals surface area contributed by atoms with Gasteiger partial charge < -0.3 is 0 Å². The Morgan fingerprint density at radius 3 is 2.28 bits per heavy atom. The van der Waals surface area contributed by atoms with Gasteiger partial charge in [-0.1, -0.05) is 66.2 Å². The van der Waals surface area contributed by atoms with Crippen molar-refractivity contribution in [2.24, 2.45) is 0 Å². The zero-order valence-electron chi connectivity index (χ0n) is 10.5. The van der Waals surface area contributed by atoms with Gasteiger partial charge in [0.1, 0.15) is 6.29 Å². The quantitative estimate of drug-likeness (QED) is 0.582. The van der Waals surface area contributed by atoms with Crippen molar-refractivity contribution < 1.29 is 4.79 Å². The molecule has 0 saturated carbocycles. The fourth-order valence-electron chi connectivity index (χ4n) is 1.82. The van der Waals surface area contributed by atoms with Crippen LogP contribution in [0.15, 0.2) is 60.7 Å². The summed E-state index contributed by atoms with van der Waals surface area (Å²) in [5.74, 6) is 0. The Balaban J connectivity index is 2.18. The summed E-state index contributed by atoms with van der Waals surface area (Å²) in [6.07, 6.45) is 3.68. The van der Waals surface area contributed by atoms with Gasteiger partial charge in [0.15, 0.2) is 0 Å². The van der Waals surface area contributed by atoms with Crippen LogP contribution in [0, 0.1) is 6.92 Å². The third-order valence-electron chi connectivity index (χ3n) is 2.91. The van der Waals surface area contributed by atoms with Crippen molar-refractivity contribution in [2.45, 2.75) is 13.3 Å². The minimum atomic E-state index is 0.749. The highest BCUT2D eigenvalue weighted by Gasteiger charge is 1.99. The molecule has 0 aliphatic rings. The zero-order chi connectivity index (χ0) is 12.8. The van der Waals surface area contributed by atoms with Crippen LogP contribution >= 0.6 is 0 Å². The highest BCUT2D eigenvalue weighted by molar-refractivity contribution is 6.06. The molecule has 2 rings (SSSR count). The molecule has 0 aromatic heterocycles. The smallest absolute Gasteiger partial charge is 0.150 e. The molecular weight excluding hydrogens is 220 g/mol. The van der Waals surface area contributed by atoms with Gasteiger partial charge in [0.2, 0.25) is 0 Å². The van der Waals surface area contributed by atoms with E-state index in [0.29, 0.717) is 0 Å².